The maximum absolute atomic E-state index is 12.7. The first-order valence-corrected chi connectivity index (χ1v) is 11.1. The fourth-order valence-corrected chi connectivity index (χ4v) is 4.26. The second kappa shape index (κ2) is 10.4. The van der Waals surface area contributed by atoms with Crippen molar-refractivity contribution >= 4 is 11.6 Å². The smallest absolute Gasteiger partial charge is 0.375 e. The summed E-state index contributed by atoms with van der Waals surface area (Å²) in [5.74, 6) is 0.122. The number of hydrogen-bond donors (Lipinski definition) is 1. The molecule has 0 saturated carbocycles. The predicted octanol–water partition coefficient (Wildman–Crippen LogP) is 3.72. The number of carbonyl (C=O) groups is 1. The number of amides is 1. The van der Waals surface area contributed by atoms with Crippen LogP contribution in [0.2, 0.25) is 0 Å². The number of halogens is 3. The van der Waals surface area contributed by atoms with Crippen molar-refractivity contribution in [2.45, 2.75) is 44.8 Å². The number of likely N-dealkylation sites (tertiary alicyclic amines) is 1. The van der Waals surface area contributed by atoms with Crippen molar-refractivity contribution in [3.63, 3.8) is 0 Å². The number of piperidine rings is 1. The van der Waals surface area contributed by atoms with Gasteiger partial charge in [-0.2, -0.15) is 13.2 Å². The van der Waals surface area contributed by atoms with Crippen molar-refractivity contribution < 1.29 is 18.0 Å². The van der Waals surface area contributed by atoms with Crippen LogP contribution in [0.25, 0.3) is 0 Å². The van der Waals surface area contributed by atoms with E-state index in [1.165, 1.54) is 0 Å². The molecule has 172 valence electrons. The van der Waals surface area contributed by atoms with Gasteiger partial charge in [-0.3, -0.25) is 9.69 Å². The zero-order valence-electron chi connectivity index (χ0n) is 18.3. The highest BCUT2D eigenvalue weighted by molar-refractivity contribution is 5.76. The highest BCUT2D eigenvalue weighted by atomic mass is 19.4. The van der Waals surface area contributed by atoms with Gasteiger partial charge < -0.3 is 15.1 Å². The Kier molecular flexibility index (Phi) is 7.86. The quantitative estimate of drug-likeness (QED) is 0.704. The van der Waals surface area contributed by atoms with Gasteiger partial charge in [-0.05, 0) is 57.0 Å². The van der Waals surface area contributed by atoms with Crippen LogP contribution in [0.1, 0.15) is 38.2 Å². The summed E-state index contributed by atoms with van der Waals surface area (Å²) in [5.41, 5.74) is 1.29. The molecular formula is C23H33F3N4O. The molecule has 5 nitrogen and oxygen atoms in total. The second-order valence-electron chi connectivity index (χ2n) is 8.54. The standard InChI is InChI=1S/C23H33F3N4O/c1-18(2)29-12-9-20(10-13-29)27-22(31)4-3-11-28-14-16-30(17-15-28)21-7-5-19(6-8-21)23(24,25)26/h5-8,20H,1,3-4,9-17H2,2H3,(H,27,31). The molecule has 2 aliphatic heterocycles. The summed E-state index contributed by atoms with van der Waals surface area (Å²) in [7, 11) is 0. The molecule has 3 rings (SSSR count). The van der Waals surface area contributed by atoms with Gasteiger partial charge in [0.15, 0.2) is 0 Å². The number of alkyl halides is 3. The van der Waals surface area contributed by atoms with Crippen LogP contribution < -0.4 is 10.2 Å². The van der Waals surface area contributed by atoms with Gasteiger partial charge in [0.1, 0.15) is 0 Å². The molecule has 0 atom stereocenters. The number of piperazine rings is 1. The first kappa shape index (κ1) is 23.4. The van der Waals surface area contributed by atoms with Crippen molar-refractivity contribution in [3.05, 3.63) is 42.1 Å². The van der Waals surface area contributed by atoms with Gasteiger partial charge in [0.2, 0.25) is 5.91 Å². The Balaban J connectivity index is 1.32. The topological polar surface area (TPSA) is 38.8 Å². The largest absolute Gasteiger partial charge is 0.416 e. The van der Waals surface area contributed by atoms with E-state index in [-0.39, 0.29) is 11.9 Å². The molecule has 1 amide bonds. The van der Waals surface area contributed by atoms with Gasteiger partial charge in [0.05, 0.1) is 5.56 Å². The molecule has 2 aliphatic rings. The van der Waals surface area contributed by atoms with Crippen molar-refractivity contribution in [1.82, 2.24) is 15.1 Å². The Morgan fingerprint density at radius 2 is 1.68 bits per heavy atom. The predicted molar refractivity (Wildman–Crippen MR) is 117 cm³/mol. The molecule has 0 spiro atoms. The van der Waals surface area contributed by atoms with Gasteiger partial charge in [-0.25, -0.2) is 0 Å². The molecule has 0 radical (unpaired) electrons. The Morgan fingerprint density at radius 3 is 2.23 bits per heavy atom. The van der Waals surface area contributed by atoms with Crippen LogP contribution in [0.15, 0.2) is 36.5 Å². The normalized spacial score (nSPS) is 18.8. The Morgan fingerprint density at radius 1 is 1.06 bits per heavy atom. The van der Waals surface area contributed by atoms with Gasteiger partial charge in [-0.1, -0.05) is 6.58 Å². The summed E-state index contributed by atoms with van der Waals surface area (Å²) in [6.07, 6.45) is -1.03. The van der Waals surface area contributed by atoms with E-state index in [1.54, 1.807) is 12.1 Å². The lowest BCUT2D eigenvalue weighted by molar-refractivity contribution is -0.137. The summed E-state index contributed by atoms with van der Waals surface area (Å²) in [6.45, 7) is 12.0. The van der Waals surface area contributed by atoms with E-state index in [9.17, 15) is 18.0 Å². The van der Waals surface area contributed by atoms with Gasteiger partial charge in [0.25, 0.3) is 0 Å². The number of hydrogen-bond acceptors (Lipinski definition) is 4. The van der Waals surface area contributed by atoms with E-state index < -0.39 is 11.7 Å². The zero-order valence-corrected chi connectivity index (χ0v) is 18.3. The molecule has 2 fully saturated rings. The number of nitrogens with zero attached hydrogens (tertiary/aromatic N) is 3. The number of rotatable bonds is 7. The fourth-order valence-electron chi connectivity index (χ4n) is 4.26. The Labute approximate surface area is 182 Å². The zero-order chi connectivity index (χ0) is 22.4. The Bertz CT molecular complexity index is 734. The summed E-state index contributed by atoms with van der Waals surface area (Å²) < 4.78 is 38.1. The minimum atomic E-state index is -4.30. The maximum atomic E-state index is 12.7. The molecule has 0 unspecified atom stereocenters. The molecule has 0 aromatic heterocycles. The number of anilines is 1. The van der Waals surface area contributed by atoms with Crippen LogP contribution in [0.4, 0.5) is 18.9 Å². The molecule has 2 saturated heterocycles. The SMILES string of the molecule is C=C(C)N1CCC(NC(=O)CCCN2CCN(c3ccc(C(F)(F)F)cc3)CC2)CC1. The first-order chi connectivity index (χ1) is 14.7. The van der Waals surface area contributed by atoms with E-state index >= 15 is 0 Å². The lowest BCUT2D eigenvalue weighted by atomic mass is 10.0. The average molecular weight is 439 g/mol. The molecule has 2 heterocycles. The molecular weight excluding hydrogens is 405 g/mol. The second-order valence-corrected chi connectivity index (χ2v) is 8.54. The number of benzene rings is 1. The van der Waals surface area contributed by atoms with Crippen LogP contribution >= 0.6 is 0 Å². The van der Waals surface area contributed by atoms with Gasteiger partial charge >= 0.3 is 6.18 Å². The van der Waals surface area contributed by atoms with Crippen LogP contribution in [0, 0.1) is 0 Å². The van der Waals surface area contributed by atoms with Crippen LogP contribution in [-0.4, -0.2) is 67.6 Å². The van der Waals surface area contributed by atoms with Crippen molar-refractivity contribution in [3.8, 4) is 0 Å². The highest BCUT2D eigenvalue weighted by Crippen LogP contribution is 2.30. The third kappa shape index (κ3) is 6.89. The molecule has 0 aliphatic carbocycles. The minimum Gasteiger partial charge on any atom is -0.375 e. The number of carbonyl (C=O) groups excluding carboxylic acids is 1. The van der Waals surface area contributed by atoms with E-state index in [0.717, 1.165) is 88.6 Å². The van der Waals surface area contributed by atoms with E-state index in [4.69, 9.17) is 0 Å². The molecule has 8 heteroatoms. The molecule has 1 N–H and O–H groups in total. The third-order valence-electron chi connectivity index (χ3n) is 6.21. The third-order valence-corrected chi connectivity index (χ3v) is 6.21. The fraction of sp³-hybridized carbons (Fsp3) is 0.609. The lowest BCUT2D eigenvalue weighted by Gasteiger charge is -2.36. The molecule has 0 bridgehead atoms. The monoisotopic (exact) mass is 438 g/mol. The summed E-state index contributed by atoms with van der Waals surface area (Å²) in [5, 5.41) is 3.16. The molecule has 31 heavy (non-hydrogen) atoms. The first-order valence-electron chi connectivity index (χ1n) is 11.1. The summed E-state index contributed by atoms with van der Waals surface area (Å²) in [4.78, 5) is 18.9. The molecule has 1 aromatic rings. The maximum Gasteiger partial charge on any atom is 0.416 e. The highest BCUT2D eigenvalue weighted by Gasteiger charge is 2.30. The lowest BCUT2D eigenvalue weighted by Crippen LogP contribution is -2.47. The number of allylic oxidation sites excluding steroid dienone is 1. The summed E-state index contributed by atoms with van der Waals surface area (Å²) >= 11 is 0. The van der Waals surface area contributed by atoms with Crippen molar-refractivity contribution in [1.29, 1.82) is 0 Å². The van der Waals surface area contributed by atoms with Crippen LogP contribution in [0.5, 0.6) is 0 Å². The summed E-state index contributed by atoms with van der Waals surface area (Å²) in [6, 6.07) is 5.63. The van der Waals surface area contributed by atoms with Crippen LogP contribution in [0.3, 0.4) is 0 Å². The van der Waals surface area contributed by atoms with Gasteiger partial charge in [-0.15, -0.1) is 0 Å². The van der Waals surface area contributed by atoms with E-state index in [2.05, 4.69) is 26.6 Å². The van der Waals surface area contributed by atoms with Gasteiger partial charge in [0, 0.05) is 63.1 Å². The average Bonchev–Trinajstić information content (AvgIpc) is 2.74. The Hall–Kier alpha value is -2.22. The van der Waals surface area contributed by atoms with Crippen molar-refractivity contribution in [2.75, 3.05) is 50.7 Å². The number of nitrogens with one attached hydrogen (secondary N) is 1. The minimum absolute atomic E-state index is 0.122. The van der Waals surface area contributed by atoms with Crippen molar-refractivity contribution in [2.24, 2.45) is 0 Å². The van der Waals surface area contributed by atoms with E-state index in [0.29, 0.717) is 6.42 Å². The van der Waals surface area contributed by atoms with Crippen LogP contribution in [-0.2, 0) is 11.0 Å². The van der Waals surface area contributed by atoms with E-state index in [1.807, 2.05) is 6.92 Å². The molecule has 1 aromatic carbocycles.